The first-order valence-corrected chi connectivity index (χ1v) is 24.3. The van der Waals surface area contributed by atoms with E-state index in [1.165, 1.54) is 54.6 Å². The quantitative estimate of drug-likeness (QED) is 0.0222. The largest absolute Gasteiger partial charge is 0.508 e. The molecule has 12 N–H and O–H groups in total. The first-order chi connectivity index (χ1) is 36.6. The zero-order valence-corrected chi connectivity index (χ0v) is 43.3. The third-order valence-electron chi connectivity index (χ3n) is 12.3. The highest BCUT2D eigenvalue weighted by Crippen LogP contribution is 2.48. The Morgan fingerprint density at radius 2 is 0.922 bits per heavy atom. The fraction of sp³-hybridized carbons (Fsp3) is 0.217. The number of carbonyl (C=O) groups excluding carboxylic acids is 3. The molecule has 0 spiro atoms. The van der Waals surface area contributed by atoms with E-state index in [2.05, 4.69) is 4.84 Å². The molecule has 0 radical (unpaired) electrons. The topological polar surface area (TPSA) is 302 Å². The van der Waals surface area contributed by atoms with E-state index in [1.807, 2.05) is 59.8 Å². The molecule has 2 heterocycles. The van der Waals surface area contributed by atoms with Crippen molar-refractivity contribution in [2.24, 2.45) is 11.8 Å². The lowest BCUT2D eigenvalue weighted by Gasteiger charge is -2.28. The lowest BCUT2D eigenvalue weighted by molar-refractivity contribution is 0.0831. The van der Waals surface area contributed by atoms with Gasteiger partial charge in [0.25, 0.3) is 0 Å². The molecule has 402 valence electrons. The van der Waals surface area contributed by atoms with Crippen molar-refractivity contribution in [2.75, 3.05) is 0 Å². The molecule has 2 unspecified atom stereocenters. The number of Topliss-reactive ketones (excluding diaryl/α,β-unsaturated/α-hetero) is 2. The monoisotopic (exact) mass is 1050 g/mol. The molecule has 77 heavy (non-hydrogen) atoms. The van der Waals surface area contributed by atoms with Gasteiger partial charge < -0.3 is 60.0 Å². The van der Waals surface area contributed by atoms with Gasteiger partial charge in [-0.25, -0.2) is 0 Å². The molecule has 17 nitrogen and oxygen atoms in total. The number of rotatable bonds is 13. The number of carbonyl (C=O) groups is 3. The second kappa shape index (κ2) is 25.4. The average Bonchev–Trinajstić information content (AvgIpc) is 3.38. The number of hydrogen-bond donors (Lipinski definition) is 10. The number of aromatic hydroxyl groups is 8. The summed E-state index contributed by atoms with van der Waals surface area (Å²) in [5.41, 5.74) is 6.78. The number of nitrogens with two attached hydrogens (primary N) is 2. The molecule has 0 bridgehead atoms. The van der Waals surface area contributed by atoms with Crippen molar-refractivity contribution in [1.82, 2.24) is 0 Å². The van der Waals surface area contributed by atoms with Gasteiger partial charge in [0.2, 0.25) is 0 Å². The summed E-state index contributed by atoms with van der Waals surface area (Å²) in [7, 11) is 0. The summed E-state index contributed by atoms with van der Waals surface area (Å²) < 4.78 is 12.1. The van der Waals surface area contributed by atoms with Crippen LogP contribution in [0.25, 0.3) is 6.08 Å². The summed E-state index contributed by atoms with van der Waals surface area (Å²) in [5, 5.41) is 79.4. The van der Waals surface area contributed by atoms with Crippen LogP contribution in [0, 0.1) is 0 Å². The lowest BCUT2D eigenvalue weighted by Crippen LogP contribution is -2.23. The van der Waals surface area contributed by atoms with E-state index in [0.717, 1.165) is 27.8 Å². The van der Waals surface area contributed by atoms with E-state index in [9.17, 15) is 55.2 Å². The first kappa shape index (κ1) is 57.1. The third-order valence-corrected chi connectivity index (χ3v) is 12.3. The second-order valence-electron chi connectivity index (χ2n) is 18.9. The van der Waals surface area contributed by atoms with E-state index in [-0.39, 0.29) is 122 Å². The van der Waals surface area contributed by atoms with Gasteiger partial charge in [0.1, 0.15) is 86.4 Å². The zero-order chi connectivity index (χ0) is 56.2. The number of fused-ring (bicyclic) bond motifs is 2. The van der Waals surface area contributed by atoms with Crippen LogP contribution in [-0.2, 0) is 19.3 Å². The molecular weight excluding hydrogens is 989 g/mol. The van der Waals surface area contributed by atoms with Gasteiger partial charge in [0.15, 0.2) is 28.8 Å². The SMILES string of the molecule is CC(C)=CCc1c(O)cc(O)c2c1OC(c1ccc(O)cc1)CC2=O.CC(C)=CCc1c(O)cc(ON)c(C(=O)/C=C/c2ccc(O)cc2)c1O.CC(C)=CCc1c(O)cc(ON)c2c1OC(c1ccc(O)cc1)CC2=O. The van der Waals surface area contributed by atoms with Crippen LogP contribution in [-0.4, -0.2) is 58.2 Å². The highest BCUT2D eigenvalue weighted by Gasteiger charge is 2.35. The van der Waals surface area contributed by atoms with E-state index >= 15 is 0 Å². The van der Waals surface area contributed by atoms with Gasteiger partial charge in [-0.05, 0) is 120 Å². The van der Waals surface area contributed by atoms with Gasteiger partial charge in [0, 0.05) is 34.9 Å². The van der Waals surface area contributed by atoms with E-state index in [1.54, 1.807) is 48.5 Å². The molecule has 2 aliphatic heterocycles. The fourth-order valence-electron chi connectivity index (χ4n) is 8.24. The van der Waals surface area contributed by atoms with Crippen LogP contribution in [0.2, 0.25) is 0 Å². The Balaban J connectivity index is 0.000000187. The smallest absolute Gasteiger partial charge is 0.193 e. The average molecular weight is 1050 g/mol. The molecule has 0 fully saturated rings. The summed E-state index contributed by atoms with van der Waals surface area (Å²) in [4.78, 5) is 47.3. The highest BCUT2D eigenvalue weighted by atomic mass is 16.6. The number of allylic oxidation sites excluding steroid dienone is 7. The van der Waals surface area contributed by atoms with Gasteiger partial charge in [-0.3, -0.25) is 14.4 Å². The van der Waals surface area contributed by atoms with Crippen molar-refractivity contribution < 1.29 is 74.4 Å². The van der Waals surface area contributed by atoms with Crippen LogP contribution in [0.5, 0.6) is 69.0 Å². The standard InChI is InChI=1S/2C20H21NO5.C20H20O5/c1-11(2)3-8-14-15(23)9-18(26-21)19-16(24)10-17(25-20(14)19)12-4-6-13(22)7-5-12;1-12(2)3-9-15-17(24)11-18(26-21)19(20(15)25)16(23)10-6-13-4-7-14(22)8-5-13;1-11(2)3-8-14-15(22)9-16(23)19-17(24)10-18(25-20(14)19)12-4-6-13(21)7-5-12/h3-7,9,17,22-23H,8,10,21H2,1-2H3;3-8,10-11,22,24-25H,9,21H2,1-2H3;3-7,9,18,21-23H,8,10H2,1-2H3/b;10-6+;. The number of phenolic OH excluding ortho intramolecular Hbond substituents is 8. The maximum absolute atomic E-state index is 12.8. The molecular formula is C60H62N2O15. The van der Waals surface area contributed by atoms with Gasteiger partial charge in [-0.2, -0.15) is 11.8 Å². The molecule has 8 rings (SSSR count). The van der Waals surface area contributed by atoms with Crippen molar-refractivity contribution in [3.8, 4) is 69.0 Å². The summed E-state index contributed by atoms with van der Waals surface area (Å²) in [6.45, 7) is 11.6. The summed E-state index contributed by atoms with van der Waals surface area (Å²) in [6, 6.07) is 22.9. The van der Waals surface area contributed by atoms with Gasteiger partial charge >= 0.3 is 0 Å². The maximum Gasteiger partial charge on any atom is 0.193 e. The highest BCUT2D eigenvalue weighted by molar-refractivity contribution is 6.11. The van der Waals surface area contributed by atoms with Crippen LogP contribution in [0.4, 0.5) is 0 Å². The van der Waals surface area contributed by atoms with E-state index in [4.69, 9.17) is 26.1 Å². The number of ether oxygens (including phenoxy) is 2. The summed E-state index contributed by atoms with van der Waals surface area (Å²) in [5.74, 6) is 9.38. The lowest BCUT2D eigenvalue weighted by atomic mass is 9.92. The van der Waals surface area contributed by atoms with Crippen LogP contribution in [0.1, 0.15) is 131 Å². The molecule has 0 saturated heterocycles. The Bertz CT molecular complexity index is 3270. The molecule has 0 aromatic heterocycles. The van der Waals surface area contributed by atoms with Crippen molar-refractivity contribution in [1.29, 1.82) is 0 Å². The molecule has 0 aliphatic carbocycles. The third kappa shape index (κ3) is 14.2. The Hall–Kier alpha value is -9.19. The van der Waals surface area contributed by atoms with E-state index in [0.29, 0.717) is 29.5 Å². The molecule has 2 aliphatic rings. The number of ketones is 3. The second-order valence-corrected chi connectivity index (χ2v) is 18.9. The zero-order valence-electron chi connectivity index (χ0n) is 43.3. The Morgan fingerprint density at radius 1 is 0.532 bits per heavy atom. The van der Waals surface area contributed by atoms with Gasteiger partial charge in [0.05, 0.1) is 12.8 Å². The fourth-order valence-corrected chi connectivity index (χ4v) is 8.24. The van der Waals surface area contributed by atoms with Crippen molar-refractivity contribution >= 4 is 23.4 Å². The molecule has 0 saturated carbocycles. The Labute approximate surface area is 445 Å². The predicted molar refractivity (Wildman–Crippen MR) is 289 cm³/mol. The van der Waals surface area contributed by atoms with E-state index < -0.39 is 18.0 Å². The van der Waals surface area contributed by atoms with Crippen LogP contribution < -0.4 is 30.9 Å². The number of phenols is 8. The minimum atomic E-state index is -0.535. The summed E-state index contributed by atoms with van der Waals surface area (Å²) >= 11 is 0. The maximum atomic E-state index is 12.8. The number of benzene rings is 6. The molecule has 6 aromatic carbocycles. The minimum Gasteiger partial charge on any atom is -0.508 e. The Morgan fingerprint density at radius 3 is 1.38 bits per heavy atom. The molecule has 2 atom stereocenters. The first-order valence-electron chi connectivity index (χ1n) is 24.3. The number of hydrogen-bond acceptors (Lipinski definition) is 17. The van der Waals surface area contributed by atoms with Crippen LogP contribution in [0.3, 0.4) is 0 Å². The normalized spacial score (nSPS) is 14.2. The molecule has 6 aromatic rings. The van der Waals surface area contributed by atoms with Crippen molar-refractivity contribution in [2.45, 2.75) is 85.9 Å². The van der Waals surface area contributed by atoms with Crippen LogP contribution >= 0.6 is 0 Å². The van der Waals surface area contributed by atoms with Crippen molar-refractivity contribution in [3.63, 3.8) is 0 Å². The Kier molecular flexibility index (Phi) is 18.8. The van der Waals surface area contributed by atoms with Gasteiger partial charge in [-0.15, -0.1) is 0 Å². The molecule has 0 amide bonds. The minimum absolute atomic E-state index is 0.0409. The summed E-state index contributed by atoms with van der Waals surface area (Å²) in [6.07, 6.45) is 8.67. The van der Waals surface area contributed by atoms with Crippen LogP contribution in [0.15, 0.2) is 132 Å². The predicted octanol–water partition coefficient (Wildman–Crippen LogP) is 11.0. The van der Waals surface area contributed by atoms with Crippen molar-refractivity contribution in [3.05, 3.63) is 182 Å². The molecule has 17 heteroatoms. The van der Waals surface area contributed by atoms with Gasteiger partial charge in [-0.1, -0.05) is 77.4 Å².